The van der Waals surface area contributed by atoms with E-state index in [9.17, 15) is 4.79 Å². The van der Waals surface area contributed by atoms with Gasteiger partial charge in [0.2, 0.25) is 6.23 Å². The maximum Gasteiger partial charge on any atom is 0.344 e. The van der Waals surface area contributed by atoms with Crippen molar-refractivity contribution < 1.29 is 19.0 Å². The highest BCUT2D eigenvalue weighted by molar-refractivity contribution is 7.14. The van der Waals surface area contributed by atoms with Crippen LogP contribution in [0.15, 0.2) is 41.8 Å². The third kappa shape index (κ3) is 3.81. The number of nitrogens with one attached hydrogen (secondary N) is 1. The van der Waals surface area contributed by atoms with Crippen molar-refractivity contribution in [2.24, 2.45) is 0 Å². The van der Waals surface area contributed by atoms with E-state index in [-0.39, 0.29) is 0 Å². The van der Waals surface area contributed by atoms with Gasteiger partial charge < -0.3 is 19.5 Å². The lowest BCUT2D eigenvalue weighted by atomic mass is 9.84. The third-order valence-electron chi connectivity index (χ3n) is 6.33. The lowest BCUT2D eigenvalue weighted by Crippen LogP contribution is -2.10. The molecular weight excluding hydrogens is 424 g/mol. The van der Waals surface area contributed by atoms with E-state index in [0.717, 1.165) is 11.3 Å². The zero-order valence-electron chi connectivity index (χ0n) is 18.2. The number of fused-ring (bicyclic) bond motifs is 1. The van der Waals surface area contributed by atoms with Gasteiger partial charge in [0, 0.05) is 16.5 Å². The molecule has 1 atom stereocenters. The van der Waals surface area contributed by atoms with Crippen molar-refractivity contribution in [1.82, 2.24) is 4.98 Å². The van der Waals surface area contributed by atoms with E-state index in [1.807, 2.05) is 11.4 Å². The Bertz CT molecular complexity index is 1120. The van der Waals surface area contributed by atoms with Crippen LogP contribution in [0.2, 0.25) is 0 Å². The van der Waals surface area contributed by atoms with Gasteiger partial charge in [-0.15, -0.1) is 11.3 Å². The van der Waals surface area contributed by atoms with Gasteiger partial charge in [0.1, 0.15) is 5.56 Å². The number of hydrogen-bond acceptors (Lipinski definition) is 7. The number of ether oxygens (including phenoxy) is 3. The lowest BCUT2D eigenvalue weighted by Gasteiger charge is -2.22. The first-order valence-corrected chi connectivity index (χ1v) is 11.8. The molecule has 3 aromatic rings. The first kappa shape index (κ1) is 20.8. The number of aromatic nitrogens is 1. The highest BCUT2D eigenvalue weighted by atomic mass is 32.1. The van der Waals surface area contributed by atoms with Crippen LogP contribution >= 0.6 is 11.3 Å². The number of carbonyl (C=O) groups excluding carboxylic acids is 1. The Kier molecular flexibility index (Phi) is 5.74. The smallest absolute Gasteiger partial charge is 0.344 e. The van der Waals surface area contributed by atoms with Crippen LogP contribution in [0.25, 0.3) is 11.3 Å². The number of anilines is 1. The SMILES string of the molecule is COc1ccc2c(c1OC)C(=O)O[C@@H]2Nc1nc(-c2ccc(C3CCCCC3)cc2)cs1. The molecule has 5 rings (SSSR count). The van der Waals surface area contributed by atoms with Crippen LogP contribution < -0.4 is 14.8 Å². The zero-order chi connectivity index (χ0) is 22.1. The minimum Gasteiger partial charge on any atom is -0.493 e. The molecule has 2 heterocycles. The predicted molar refractivity (Wildman–Crippen MR) is 125 cm³/mol. The van der Waals surface area contributed by atoms with Crippen LogP contribution in [0.4, 0.5) is 5.13 Å². The van der Waals surface area contributed by atoms with Crippen molar-refractivity contribution in [2.75, 3.05) is 19.5 Å². The fraction of sp³-hybridized carbons (Fsp3) is 0.360. The molecule has 0 saturated heterocycles. The molecule has 1 N–H and O–H groups in total. The molecule has 32 heavy (non-hydrogen) atoms. The summed E-state index contributed by atoms with van der Waals surface area (Å²) in [5.74, 6) is 1.13. The molecular formula is C25H26N2O4S. The minimum absolute atomic E-state index is 0.386. The summed E-state index contributed by atoms with van der Waals surface area (Å²) in [4.78, 5) is 17.2. The molecule has 0 unspecified atom stereocenters. The van der Waals surface area contributed by atoms with Gasteiger partial charge >= 0.3 is 5.97 Å². The predicted octanol–water partition coefficient (Wildman–Crippen LogP) is 6.16. The first-order chi connectivity index (χ1) is 15.7. The van der Waals surface area contributed by atoms with E-state index in [4.69, 9.17) is 19.2 Å². The zero-order valence-corrected chi connectivity index (χ0v) is 19.0. The highest BCUT2D eigenvalue weighted by Crippen LogP contribution is 2.42. The van der Waals surface area contributed by atoms with Crippen LogP contribution in [0.1, 0.15) is 65.7 Å². The molecule has 2 aliphatic rings. The van der Waals surface area contributed by atoms with E-state index in [0.29, 0.717) is 33.7 Å². The molecule has 0 bridgehead atoms. The standard InChI is InChI=1S/C25H26N2O4S/c1-29-20-13-12-18-21(22(20)30-2)24(28)31-23(18)27-25-26-19(14-32-25)17-10-8-16(9-11-17)15-6-4-3-5-7-15/h8-15,23H,3-7H2,1-2H3,(H,26,27)/t23-/m0/s1. The van der Waals surface area contributed by atoms with Gasteiger partial charge in [-0.2, -0.15) is 0 Å². The molecule has 1 saturated carbocycles. The molecule has 0 radical (unpaired) electrons. The second kappa shape index (κ2) is 8.82. The average Bonchev–Trinajstić information content (AvgIpc) is 3.44. The summed E-state index contributed by atoms with van der Waals surface area (Å²) in [6.45, 7) is 0. The Morgan fingerprint density at radius 1 is 1.03 bits per heavy atom. The summed E-state index contributed by atoms with van der Waals surface area (Å²) in [6.07, 6.45) is 6.00. The van der Waals surface area contributed by atoms with Crippen molar-refractivity contribution in [2.45, 2.75) is 44.2 Å². The fourth-order valence-electron chi connectivity index (χ4n) is 4.65. The maximum atomic E-state index is 12.5. The van der Waals surface area contributed by atoms with Gasteiger partial charge in [0.15, 0.2) is 16.6 Å². The van der Waals surface area contributed by atoms with Gasteiger partial charge in [-0.1, -0.05) is 43.5 Å². The second-order valence-corrected chi connectivity index (χ2v) is 9.05. The first-order valence-electron chi connectivity index (χ1n) is 11.0. The molecule has 6 nitrogen and oxygen atoms in total. The summed E-state index contributed by atoms with van der Waals surface area (Å²) in [5, 5.41) is 5.95. The van der Waals surface area contributed by atoms with E-state index in [1.165, 1.54) is 56.1 Å². The Morgan fingerprint density at radius 2 is 1.81 bits per heavy atom. The van der Waals surface area contributed by atoms with Gasteiger partial charge in [0.05, 0.1) is 19.9 Å². The van der Waals surface area contributed by atoms with Crippen LogP contribution in [-0.4, -0.2) is 25.2 Å². The molecule has 0 spiro atoms. The van der Waals surface area contributed by atoms with Crippen LogP contribution in [-0.2, 0) is 4.74 Å². The van der Waals surface area contributed by atoms with Crippen LogP contribution in [0.5, 0.6) is 11.5 Å². The summed E-state index contributed by atoms with van der Waals surface area (Å²) >= 11 is 1.49. The van der Waals surface area contributed by atoms with E-state index in [1.54, 1.807) is 13.2 Å². The van der Waals surface area contributed by atoms with Crippen LogP contribution in [0.3, 0.4) is 0 Å². The van der Waals surface area contributed by atoms with Crippen molar-refractivity contribution in [3.63, 3.8) is 0 Å². The Labute approximate surface area is 191 Å². The molecule has 1 aliphatic carbocycles. The van der Waals surface area contributed by atoms with E-state index < -0.39 is 12.2 Å². The van der Waals surface area contributed by atoms with Gasteiger partial charge in [-0.25, -0.2) is 9.78 Å². The quantitative estimate of drug-likeness (QED) is 0.454. The van der Waals surface area contributed by atoms with Crippen molar-refractivity contribution in [3.8, 4) is 22.8 Å². The average molecular weight is 451 g/mol. The normalized spacial score (nSPS) is 18.2. The number of cyclic esters (lactones) is 1. The van der Waals surface area contributed by atoms with Crippen molar-refractivity contribution in [1.29, 1.82) is 0 Å². The largest absolute Gasteiger partial charge is 0.493 e. The topological polar surface area (TPSA) is 69.7 Å². The van der Waals surface area contributed by atoms with Crippen molar-refractivity contribution in [3.05, 3.63) is 58.5 Å². The second-order valence-electron chi connectivity index (χ2n) is 8.19. The Morgan fingerprint density at radius 3 is 2.53 bits per heavy atom. The summed E-state index contributed by atoms with van der Waals surface area (Å²) in [5.41, 5.74) is 4.52. The molecule has 1 aliphatic heterocycles. The summed E-state index contributed by atoms with van der Waals surface area (Å²) < 4.78 is 16.3. The number of benzene rings is 2. The molecule has 0 amide bonds. The summed E-state index contributed by atoms with van der Waals surface area (Å²) in [6, 6.07) is 12.4. The minimum atomic E-state index is -0.620. The number of rotatable bonds is 6. The number of nitrogens with zero attached hydrogens (tertiary/aromatic N) is 1. The fourth-order valence-corrected chi connectivity index (χ4v) is 5.39. The lowest BCUT2D eigenvalue weighted by molar-refractivity contribution is 0.0435. The summed E-state index contributed by atoms with van der Waals surface area (Å²) in [7, 11) is 3.05. The molecule has 1 aromatic heterocycles. The van der Waals surface area contributed by atoms with E-state index >= 15 is 0 Å². The highest BCUT2D eigenvalue weighted by Gasteiger charge is 2.36. The number of hydrogen-bond donors (Lipinski definition) is 1. The number of esters is 1. The van der Waals surface area contributed by atoms with Gasteiger partial charge in [0.25, 0.3) is 0 Å². The molecule has 2 aromatic carbocycles. The number of thiazole rings is 1. The Balaban J connectivity index is 1.33. The van der Waals surface area contributed by atoms with E-state index in [2.05, 4.69) is 29.6 Å². The van der Waals surface area contributed by atoms with Gasteiger partial charge in [-0.05, 0) is 36.5 Å². The van der Waals surface area contributed by atoms with Gasteiger partial charge in [-0.3, -0.25) is 0 Å². The molecule has 166 valence electrons. The molecule has 7 heteroatoms. The maximum absolute atomic E-state index is 12.5. The van der Waals surface area contributed by atoms with Crippen molar-refractivity contribution >= 4 is 22.4 Å². The third-order valence-corrected chi connectivity index (χ3v) is 7.10. The van der Waals surface area contributed by atoms with Crippen LogP contribution in [0, 0.1) is 0 Å². The Hall–Kier alpha value is -3.06. The monoisotopic (exact) mass is 450 g/mol. The molecule has 1 fully saturated rings. The number of methoxy groups -OCH3 is 2. The number of carbonyl (C=O) groups is 1.